The molecule has 5 heteroatoms. The molecule has 0 bridgehead atoms. The largest absolute Gasteiger partial charge is 0.469 e. The summed E-state index contributed by atoms with van der Waals surface area (Å²) < 4.78 is 6.68. The Labute approximate surface area is 111 Å². The van der Waals surface area contributed by atoms with Crippen LogP contribution in [0.25, 0.3) is 5.82 Å². The number of esters is 1. The van der Waals surface area contributed by atoms with E-state index >= 15 is 0 Å². The van der Waals surface area contributed by atoms with Gasteiger partial charge in [0.1, 0.15) is 0 Å². The highest BCUT2D eigenvalue weighted by Gasteiger charge is 2.28. The lowest BCUT2D eigenvalue weighted by Gasteiger charge is -2.20. The van der Waals surface area contributed by atoms with Crippen LogP contribution in [0.1, 0.15) is 17.7 Å². The number of rotatable bonds is 2. The molecule has 0 unspecified atom stereocenters. The number of hydrogen-bond donors (Lipinski definition) is 0. The standard InChI is InChI=1S/C14H15N3O2/c1-19-14(18)10-5-6-12-11(8-10)9-16-17(12)13-4-2-3-7-15-13/h2-4,7,9-10H,5-6,8H2,1H3/t10-/m1/s1. The van der Waals surface area contributed by atoms with Crippen LogP contribution < -0.4 is 0 Å². The van der Waals surface area contributed by atoms with Crippen molar-refractivity contribution in [3.63, 3.8) is 0 Å². The summed E-state index contributed by atoms with van der Waals surface area (Å²) in [5.41, 5.74) is 2.27. The Hall–Kier alpha value is -2.17. The van der Waals surface area contributed by atoms with E-state index in [4.69, 9.17) is 4.74 Å². The van der Waals surface area contributed by atoms with Crippen LogP contribution in [0, 0.1) is 5.92 Å². The van der Waals surface area contributed by atoms with Crippen molar-refractivity contribution >= 4 is 5.97 Å². The Kier molecular flexibility index (Phi) is 3.03. The van der Waals surface area contributed by atoms with E-state index in [0.717, 1.165) is 29.9 Å². The first-order chi connectivity index (χ1) is 9.29. The van der Waals surface area contributed by atoms with E-state index in [1.54, 1.807) is 6.20 Å². The molecule has 3 rings (SSSR count). The zero-order chi connectivity index (χ0) is 13.2. The first-order valence-corrected chi connectivity index (χ1v) is 6.34. The van der Waals surface area contributed by atoms with Gasteiger partial charge in [0.05, 0.1) is 19.2 Å². The van der Waals surface area contributed by atoms with E-state index in [1.165, 1.54) is 7.11 Å². The van der Waals surface area contributed by atoms with Crippen LogP contribution >= 0.6 is 0 Å². The minimum absolute atomic E-state index is 0.0427. The van der Waals surface area contributed by atoms with Gasteiger partial charge in [-0.3, -0.25) is 4.79 Å². The van der Waals surface area contributed by atoms with Crippen LogP contribution in [-0.4, -0.2) is 27.8 Å². The fourth-order valence-corrected chi connectivity index (χ4v) is 2.57. The van der Waals surface area contributed by atoms with Crippen LogP contribution in [0.3, 0.4) is 0 Å². The lowest BCUT2D eigenvalue weighted by Crippen LogP contribution is -2.24. The smallest absolute Gasteiger partial charge is 0.309 e. The van der Waals surface area contributed by atoms with Crippen LogP contribution in [0.2, 0.25) is 0 Å². The maximum Gasteiger partial charge on any atom is 0.309 e. The highest BCUT2D eigenvalue weighted by molar-refractivity contribution is 5.73. The zero-order valence-corrected chi connectivity index (χ0v) is 10.7. The van der Waals surface area contributed by atoms with Crippen molar-refractivity contribution < 1.29 is 9.53 Å². The van der Waals surface area contributed by atoms with Crippen molar-refractivity contribution in [1.82, 2.24) is 14.8 Å². The molecule has 0 radical (unpaired) electrons. The Morgan fingerprint density at radius 3 is 3.11 bits per heavy atom. The number of aromatic nitrogens is 3. The number of pyridine rings is 1. The second kappa shape index (κ2) is 4.84. The number of carbonyl (C=O) groups is 1. The summed E-state index contributed by atoms with van der Waals surface area (Å²) in [4.78, 5) is 15.9. The molecular weight excluding hydrogens is 242 g/mol. The van der Waals surface area contributed by atoms with Gasteiger partial charge < -0.3 is 4.74 Å². The van der Waals surface area contributed by atoms with Crippen molar-refractivity contribution in [2.45, 2.75) is 19.3 Å². The summed E-state index contributed by atoms with van der Waals surface area (Å²) in [7, 11) is 1.44. The van der Waals surface area contributed by atoms with Gasteiger partial charge in [-0.05, 0) is 37.0 Å². The molecule has 0 saturated heterocycles. The number of nitrogens with zero attached hydrogens (tertiary/aromatic N) is 3. The van der Waals surface area contributed by atoms with Crippen molar-refractivity contribution in [3.8, 4) is 5.82 Å². The lowest BCUT2D eigenvalue weighted by atomic mass is 9.88. The quantitative estimate of drug-likeness (QED) is 0.766. The molecule has 0 aromatic carbocycles. The number of carbonyl (C=O) groups excluding carboxylic acids is 1. The fourth-order valence-electron chi connectivity index (χ4n) is 2.57. The molecule has 0 saturated carbocycles. The predicted octanol–water partition coefficient (Wildman–Crippen LogP) is 1.55. The fraction of sp³-hybridized carbons (Fsp3) is 0.357. The topological polar surface area (TPSA) is 57.0 Å². The summed E-state index contributed by atoms with van der Waals surface area (Å²) in [6, 6.07) is 5.75. The van der Waals surface area contributed by atoms with E-state index in [0.29, 0.717) is 6.42 Å². The van der Waals surface area contributed by atoms with Crippen molar-refractivity contribution in [2.24, 2.45) is 5.92 Å². The van der Waals surface area contributed by atoms with Gasteiger partial charge in [0.15, 0.2) is 5.82 Å². The highest BCUT2D eigenvalue weighted by atomic mass is 16.5. The minimum Gasteiger partial charge on any atom is -0.469 e. The molecule has 2 aromatic heterocycles. The Bertz CT molecular complexity index is 592. The van der Waals surface area contributed by atoms with Gasteiger partial charge in [-0.1, -0.05) is 6.07 Å². The van der Waals surface area contributed by atoms with Gasteiger partial charge in [0.25, 0.3) is 0 Å². The first-order valence-electron chi connectivity index (χ1n) is 6.34. The first kappa shape index (κ1) is 11.9. The SMILES string of the molecule is COC(=O)[C@@H]1CCc2c(cnn2-c2ccccn2)C1. The monoisotopic (exact) mass is 257 g/mol. The average molecular weight is 257 g/mol. The van der Waals surface area contributed by atoms with Crippen LogP contribution in [-0.2, 0) is 22.4 Å². The molecule has 98 valence electrons. The number of methoxy groups -OCH3 is 1. The van der Waals surface area contributed by atoms with E-state index in [1.807, 2.05) is 29.1 Å². The zero-order valence-electron chi connectivity index (χ0n) is 10.7. The predicted molar refractivity (Wildman–Crippen MR) is 68.9 cm³/mol. The van der Waals surface area contributed by atoms with Crippen LogP contribution in [0.4, 0.5) is 0 Å². The number of ether oxygens (including phenoxy) is 1. The average Bonchev–Trinajstić information content (AvgIpc) is 2.90. The summed E-state index contributed by atoms with van der Waals surface area (Å²) >= 11 is 0. The second-order valence-electron chi connectivity index (χ2n) is 4.68. The maximum absolute atomic E-state index is 11.6. The van der Waals surface area contributed by atoms with Crippen molar-refractivity contribution in [2.75, 3.05) is 7.11 Å². The van der Waals surface area contributed by atoms with Crippen molar-refractivity contribution in [3.05, 3.63) is 41.9 Å². The highest BCUT2D eigenvalue weighted by Crippen LogP contribution is 2.27. The molecule has 0 spiro atoms. The van der Waals surface area contributed by atoms with Gasteiger partial charge in [0.2, 0.25) is 0 Å². The summed E-state index contributed by atoms with van der Waals surface area (Å²) in [6.45, 7) is 0. The third kappa shape index (κ3) is 2.12. The van der Waals surface area contributed by atoms with Crippen LogP contribution in [0.15, 0.2) is 30.6 Å². The van der Waals surface area contributed by atoms with E-state index in [2.05, 4.69) is 10.1 Å². The van der Waals surface area contributed by atoms with Gasteiger partial charge in [0, 0.05) is 11.9 Å². The molecule has 0 N–H and O–H groups in total. The van der Waals surface area contributed by atoms with Crippen LogP contribution in [0.5, 0.6) is 0 Å². The molecule has 0 aliphatic heterocycles. The number of hydrogen-bond acceptors (Lipinski definition) is 4. The molecule has 2 aromatic rings. The lowest BCUT2D eigenvalue weighted by molar-refractivity contribution is -0.145. The molecule has 1 aliphatic rings. The molecular formula is C14H15N3O2. The Balaban J connectivity index is 1.90. The normalized spacial score (nSPS) is 17.8. The molecule has 0 amide bonds. The van der Waals surface area contributed by atoms with Crippen molar-refractivity contribution in [1.29, 1.82) is 0 Å². The van der Waals surface area contributed by atoms with E-state index < -0.39 is 0 Å². The summed E-state index contributed by atoms with van der Waals surface area (Å²) in [5.74, 6) is 0.649. The molecule has 2 heterocycles. The van der Waals surface area contributed by atoms with Gasteiger partial charge in [-0.2, -0.15) is 5.10 Å². The Morgan fingerprint density at radius 1 is 1.47 bits per heavy atom. The van der Waals surface area contributed by atoms with E-state index in [-0.39, 0.29) is 11.9 Å². The van der Waals surface area contributed by atoms with E-state index in [9.17, 15) is 4.79 Å². The third-order valence-corrected chi connectivity index (χ3v) is 3.55. The van der Waals surface area contributed by atoms with Gasteiger partial charge in [-0.15, -0.1) is 0 Å². The number of fused-ring (bicyclic) bond motifs is 1. The molecule has 0 fully saturated rings. The molecule has 1 aliphatic carbocycles. The van der Waals surface area contributed by atoms with Gasteiger partial charge >= 0.3 is 5.97 Å². The minimum atomic E-state index is -0.128. The molecule has 19 heavy (non-hydrogen) atoms. The molecule has 1 atom stereocenters. The third-order valence-electron chi connectivity index (χ3n) is 3.55. The maximum atomic E-state index is 11.6. The Morgan fingerprint density at radius 2 is 2.37 bits per heavy atom. The summed E-state index contributed by atoms with van der Waals surface area (Å²) in [5, 5.41) is 4.39. The summed E-state index contributed by atoms with van der Waals surface area (Å²) in [6.07, 6.45) is 5.92. The van der Waals surface area contributed by atoms with Gasteiger partial charge in [-0.25, -0.2) is 9.67 Å². The second-order valence-corrected chi connectivity index (χ2v) is 4.68. The molecule has 5 nitrogen and oxygen atoms in total.